The Labute approximate surface area is 91.3 Å². The predicted molar refractivity (Wildman–Crippen MR) is 58.4 cm³/mol. The van der Waals surface area contributed by atoms with E-state index < -0.39 is 11.9 Å². The Morgan fingerprint density at radius 1 is 1.27 bits per heavy atom. The summed E-state index contributed by atoms with van der Waals surface area (Å²) in [5, 5.41) is 8.89. The Balaban J connectivity index is 4.67. The minimum Gasteiger partial charge on any atom is -0.481 e. The molecule has 0 aromatic rings. The van der Waals surface area contributed by atoms with Crippen molar-refractivity contribution < 1.29 is 14.7 Å². The van der Waals surface area contributed by atoms with E-state index in [0.717, 1.165) is 0 Å². The Kier molecular flexibility index (Phi) is 5.33. The fourth-order valence-corrected chi connectivity index (χ4v) is 1.68. The molecular formula is C11H21NO3. The summed E-state index contributed by atoms with van der Waals surface area (Å²) in [5.74, 6) is -1.65. The van der Waals surface area contributed by atoms with Gasteiger partial charge in [0.05, 0.1) is 5.92 Å². The molecule has 0 rings (SSSR count). The number of carboxylic acid groups (broad SMARTS) is 1. The highest BCUT2D eigenvalue weighted by atomic mass is 16.4. The molecule has 0 aliphatic rings. The maximum absolute atomic E-state index is 11.8. The second kappa shape index (κ2) is 5.73. The molecule has 0 saturated heterocycles. The van der Waals surface area contributed by atoms with E-state index in [2.05, 4.69) is 0 Å². The summed E-state index contributed by atoms with van der Waals surface area (Å²) in [4.78, 5) is 24.1. The monoisotopic (exact) mass is 215 g/mol. The minimum atomic E-state index is -0.840. The fraction of sp³-hybridized carbons (Fsp3) is 0.818. The van der Waals surface area contributed by atoms with Crippen LogP contribution >= 0.6 is 0 Å². The number of amides is 1. The number of carboxylic acids is 1. The highest BCUT2D eigenvalue weighted by molar-refractivity contribution is 5.79. The predicted octanol–water partition coefficient (Wildman–Crippen LogP) is 1.46. The molecule has 0 aromatic carbocycles. The van der Waals surface area contributed by atoms with Crippen LogP contribution in [0.1, 0.15) is 27.2 Å². The molecule has 0 bridgehead atoms. The van der Waals surface area contributed by atoms with Gasteiger partial charge in [0.25, 0.3) is 0 Å². The number of nitrogens with zero attached hydrogens (tertiary/aromatic N) is 1. The standard InChI is InChI=1S/C11H21NO3/c1-6-9(10(13)12(4)5)7(2)8(3)11(14)15/h7-9H,6H2,1-5H3,(H,14,15). The van der Waals surface area contributed by atoms with Gasteiger partial charge in [-0.2, -0.15) is 0 Å². The van der Waals surface area contributed by atoms with Crippen LogP contribution in [0.25, 0.3) is 0 Å². The average Bonchev–Trinajstić information content (AvgIpc) is 2.16. The topological polar surface area (TPSA) is 57.6 Å². The normalized spacial score (nSPS) is 16.6. The van der Waals surface area contributed by atoms with E-state index in [1.165, 1.54) is 4.90 Å². The third-order valence-electron chi connectivity index (χ3n) is 3.01. The van der Waals surface area contributed by atoms with Gasteiger partial charge < -0.3 is 10.0 Å². The van der Waals surface area contributed by atoms with Crippen LogP contribution in [0.5, 0.6) is 0 Å². The molecule has 1 N–H and O–H groups in total. The van der Waals surface area contributed by atoms with Crippen LogP contribution in [0.4, 0.5) is 0 Å². The first kappa shape index (κ1) is 13.9. The second-order valence-corrected chi connectivity index (χ2v) is 4.23. The fourth-order valence-electron chi connectivity index (χ4n) is 1.68. The van der Waals surface area contributed by atoms with Crippen LogP contribution in [0, 0.1) is 17.8 Å². The van der Waals surface area contributed by atoms with Gasteiger partial charge in [0, 0.05) is 20.0 Å². The van der Waals surface area contributed by atoms with Gasteiger partial charge in [0.2, 0.25) is 5.91 Å². The van der Waals surface area contributed by atoms with Crippen molar-refractivity contribution in [3.8, 4) is 0 Å². The van der Waals surface area contributed by atoms with E-state index in [1.807, 2.05) is 13.8 Å². The summed E-state index contributed by atoms with van der Waals surface area (Å²) in [6.45, 7) is 5.39. The van der Waals surface area contributed by atoms with Crippen molar-refractivity contribution in [2.24, 2.45) is 17.8 Å². The third-order valence-corrected chi connectivity index (χ3v) is 3.01. The van der Waals surface area contributed by atoms with Crippen molar-refractivity contribution in [3.63, 3.8) is 0 Å². The molecule has 15 heavy (non-hydrogen) atoms. The van der Waals surface area contributed by atoms with Crippen molar-refractivity contribution in [1.82, 2.24) is 4.90 Å². The van der Waals surface area contributed by atoms with Gasteiger partial charge >= 0.3 is 5.97 Å². The van der Waals surface area contributed by atoms with E-state index in [1.54, 1.807) is 21.0 Å². The number of hydrogen-bond acceptors (Lipinski definition) is 2. The molecule has 0 spiro atoms. The number of rotatable bonds is 5. The van der Waals surface area contributed by atoms with Crippen LogP contribution in [0.3, 0.4) is 0 Å². The number of carbonyl (C=O) groups excluding carboxylic acids is 1. The van der Waals surface area contributed by atoms with Gasteiger partial charge in [-0.3, -0.25) is 9.59 Å². The van der Waals surface area contributed by atoms with Gasteiger partial charge in [-0.1, -0.05) is 20.8 Å². The molecule has 0 aliphatic heterocycles. The maximum atomic E-state index is 11.8. The first-order chi connectivity index (χ1) is 6.82. The van der Waals surface area contributed by atoms with Crippen LogP contribution in [-0.2, 0) is 9.59 Å². The molecule has 0 radical (unpaired) electrons. The molecule has 0 heterocycles. The Bertz CT molecular complexity index is 238. The third kappa shape index (κ3) is 3.53. The molecule has 0 aromatic heterocycles. The van der Waals surface area contributed by atoms with Crippen LogP contribution < -0.4 is 0 Å². The van der Waals surface area contributed by atoms with E-state index in [-0.39, 0.29) is 17.7 Å². The minimum absolute atomic E-state index is 0.0121. The number of carbonyl (C=O) groups is 2. The molecule has 0 fully saturated rings. The van der Waals surface area contributed by atoms with Crippen LogP contribution in [-0.4, -0.2) is 36.0 Å². The van der Waals surface area contributed by atoms with E-state index in [4.69, 9.17) is 5.11 Å². The second-order valence-electron chi connectivity index (χ2n) is 4.23. The quantitative estimate of drug-likeness (QED) is 0.755. The summed E-state index contributed by atoms with van der Waals surface area (Å²) in [5.41, 5.74) is 0. The van der Waals surface area contributed by atoms with E-state index >= 15 is 0 Å². The van der Waals surface area contributed by atoms with Gasteiger partial charge in [-0.15, -0.1) is 0 Å². The zero-order chi connectivity index (χ0) is 12.2. The molecule has 88 valence electrons. The molecule has 3 atom stereocenters. The van der Waals surface area contributed by atoms with Gasteiger partial charge in [0.15, 0.2) is 0 Å². The summed E-state index contributed by atoms with van der Waals surface area (Å²) in [6, 6.07) is 0. The Morgan fingerprint density at radius 2 is 1.73 bits per heavy atom. The van der Waals surface area contributed by atoms with Crippen molar-refractivity contribution in [2.75, 3.05) is 14.1 Å². The molecule has 1 amide bonds. The van der Waals surface area contributed by atoms with Crippen molar-refractivity contribution in [1.29, 1.82) is 0 Å². The van der Waals surface area contributed by atoms with Gasteiger partial charge in [0.1, 0.15) is 0 Å². The van der Waals surface area contributed by atoms with Gasteiger partial charge in [-0.05, 0) is 12.3 Å². The summed E-state index contributed by atoms with van der Waals surface area (Å²) >= 11 is 0. The lowest BCUT2D eigenvalue weighted by molar-refractivity contribution is -0.145. The first-order valence-corrected chi connectivity index (χ1v) is 5.26. The van der Waals surface area contributed by atoms with E-state index in [9.17, 15) is 9.59 Å². The number of aliphatic carboxylic acids is 1. The Morgan fingerprint density at radius 3 is 2.00 bits per heavy atom. The van der Waals surface area contributed by atoms with Crippen LogP contribution in [0.15, 0.2) is 0 Å². The highest BCUT2D eigenvalue weighted by Gasteiger charge is 2.31. The lowest BCUT2D eigenvalue weighted by Gasteiger charge is -2.27. The van der Waals surface area contributed by atoms with Crippen LogP contribution in [0.2, 0.25) is 0 Å². The average molecular weight is 215 g/mol. The smallest absolute Gasteiger partial charge is 0.306 e. The van der Waals surface area contributed by atoms with Crippen molar-refractivity contribution in [2.45, 2.75) is 27.2 Å². The lowest BCUT2D eigenvalue weighted by Crippen LogP contribution is -2.36. The molecule has 4 nitrogen and oxygen atoms in total. The molecule has 0 saturated carbocycles. The zero-order valence-electron chi connectivity index (χ0n) is 10.2. The van der Waals surface area contributed by atoms with E-state index in [0.29, 0.717) is 6.42 Å². The first-order valence-electron chi connectivity index (χ1n) is 5.26. The molecular weight excluding hydrogens is 194 g/mol. The van der Waals surface area contributed by atoms with Crippen molar-refractivity contribution in [3.05, 3.63) is 0 Å². The number of hydrogen-bond donors (Lipinski definition) is 1. The molecule has 0 aliphatic carbocycles. The van der Waals surface area contributed by atoms with Gasteiger partial charge in [-0.25, -0.2) is 0 Å². The molecule has 3 unspecified atom stereocenters. The zero-order valence-corrected chi connectivity index (χ0v) is 10.2. The Hall–Kier alpha value is -1.06. The molecule has 4 heteroatoms. The maximum Gasteiger partial charge on any atom is 0.306 e. The highest BCUT2D eigenvalue weighted by Crippen LogP contribution is 2.25. The summed E-state index contributed by atoms with van der Waals surface area (Å²) < 4.78 is 0. The summed E-state index contributed by atoms with van der Waals surface area (Å²) in [7, 11) is 3.40. The largest absolute Gasteiger partial charge is 0.481 e. The van der Waals surface area contributed by atoms with Crippen molar-refractivity contribution >= 4 is 11.9 Å². The SMILES string of the molecule is CCC(C(=O)N(C)C)C(C)C(C)C(=O)O. The lowest BCUT2D eigenvalue weighted by atomic mass is 9.81. The summed E-state index contributed by atoms with van der Waals surface area (Å²) in [6.07, 6.45) is 0.676.